The monoisotopic (exact) mass is 402 g/mol. The summed E-state index contributed by atoms with van der Waals surface area (Å²) in [5.41, 5.74) is 6.60. The second-order valence-corrected chi connectivity index (χ2v) is 6.09. The fourth-order valence-electron chi connectivity index (χ4n) is 2.70. The predicted molar refractivity (Wildman–Crippen MR) is 112 cm³/mol. The van der Waals surface area contributed by atoms with E-state index in [0.29, 0.717) is 60.6 Å². The van der Waals surface area contributed by atoms with Crippen LogP contribution in [0, 0.1) is 0 Å². The average molecular weight is 403 g/mol. The first-order valence-electron chi connectivity index (χ1n) is 8.86. The second-order valence-electron chi connectivity index (χ2n) is 6.09. The van der Waals surface area contributed by atoms with E-state index in [4.69, 9.17) is 10.5 Å². The van der Waals surface area contributed by atoms with Crippen molar-refractivity contribution >= 4 is 34.9 Å². The highest BCUT2D eigenvalue weighted by Gasteiger charge is 2.06. The summed E-state index contributed by atoms with van der Waals surface area (Å²) in [6, 6.07) is 14.3. The molecule has 0 unspecified atom stereocenters. The van der Waals surface area contributed by atoms with Gasteiger partial charge in [0.05, 0.1) is 10.9 Å². The van der Waals surface area contributed by atoms with Crippen molar-refractivity contribution in [2.75, 3.05) is 18.5 Å². The number of para-hydroxylation sites is 1. The van der Waals surface area contributed by atoms with Crippen LogP contribution in [0.3, 0.4) is 0 Å². The van der Waals surface area contributed by atoms with E-state index in [9.17, 15) is 9.59 Å². The Balaban J connectivity index is 0.00000280. The lowest BCUT2D eigenvalue weighted by Gasteiger charge is -2.08. The molecule has 0 bridgehead atoms. The zero-order chi connectivity index (χ0) is 19.1. The van der Waals surface area contributed by atoms with Crippen LogP contribution >= 0.6 is 12.4 Å². The van der Waals surface area contributed by atoms with Gasteiger partial charge in [-0.3, -0.25) is 9.59 Å². The third-order valence-electron chi connectivity index (χ3n) is 4.00. The zero-order valence-electron chi connectivity index (χ0n) is 15.3. The fraction of sp³-hybridized carbons (Fsp3) is 0.250. The topological polar surface area (TPSA) is 110 Å². The molecule has 0 atom stereocenters. The Morgan fingerprint density at radius 2 is 1.89 bits per heavy atom. The van der Waals surface area contributed by atoms with Crippen LogP contribution in [0.5, 0.6) is 5.75 Å². The summed E-state index contributed by atoms with van der Waals surface area (Å²) in [5, 5.41) is 3.41. The van der Waals surface area contributed by atoms with Crippen LogP contribution in [0.25, 0.3) is 10.9 Å². The summed E-state index contributed by atoms with van der Waals surface area (Å²) in [4.78, 5) is 31.3. The molecule has 3 rings (SSSR count). The van der Waals surface area contributed by atoms with Crippen molar-refractivity contribution in [3.63, 3.8) is 0 Å². The van der Waals surface area contributed by atoms with Gasteiger partial charge in [0.15, 0.2) is 0 Å². The number of fused-ring (bicyclic) bond motifs is 1. The van der Waals surface area contributed by atoms with Crippen LogP contribution in [-0.2, 0) is 11.2 Å². The number of H-pyrrole nitrogens is 1. The van der Waals surface area contributed by atoms with Crippen molar-refractivity contribution in [2.45, 2.75) is 19.3 Å². The molecule has 0 aliphatic rings. The number of nitrogens with two attached hydrogens (primary N) is 1. The molecule has 0 aliphatic heterocycles. The zero-order valence-corrected chi connectivity index (χ0v) is 16.1. The largest absolute Gasteiger partial charge is 0.492 e. The highest BCUT2D eigenvalue weighted by atomic mass is 35.5. The molecule has 0 saturated carbocycles. The maximum Gasteiger partial charge on any atom is 0.258 e. The first-order valence-corrected chi connectivity index (χ1v) is 8.86. The summed E-state index contributed by atoms with van der Waals surface area (Å²) in [6.07, 6.45) is 1.45. The highest BCUT2D eigenvalue weighted by Crippen LogP contribution is 2.16. The smallest absolute Gasteiger partial charge is 0.258 e. The second kappa shape index (κ2) is 10.4. The minimum atomic E-state index is -0.156. The van der Waals surface area contributed by atoms with Crippen molar-refractivity contribution in [1.29, 1.82) is 0 Å². The summed E-state index contributed by atoms with van der Waals surface area (Å²) in [7, 11) is 0. The summed E-state index contributed by atoms with van der Waals surface area (Å²) in [6.45, 7) is 0.909. The van der Waals surface area contributed by atoms with E-state index in [1.165, 1.54) is 0 Å². The molecule has 0 radical (unpaired) electrons. The van der Waals surface area contributed by atoms with Crippen LogP contribution in [0.15, 0.2) is 53.3 Å². The maximum absolute atomic E-state index is 12.1. The number of hydrogen-bond donors (Lipinski definition) is 3. The lowest BCUT2D eigenvalue weighted by atomic mass is 10.2. The molecule has 1 heterocycles. The number of carbonyl (C=O) groups excluding carboxylic acids is 1. The van der Waals surface area contributed by atoms with Gasteiger partial charge in [-0.1, -0.05) is 12.1 Å². The molecular formula is C20H23ClN4O3. The molecule has 3 aromatic rings. The van der Waals surface area contributed by atoms with Crippen molar-refractivity contribution in [3.05, 3.63) is 64.7 Å². The van der Waals surface area contributed by atoms with Crippen LogP contribution < -0.4 is 21.3 Å². The van der Waals surface area contributed by atoms with Gasteiger partial charge in [-0.05, 0) is 42.8 Å². The lowest BCUT2D eigenvalue weighted by Crippen LogP contribution is -2.14. The van der Waals surface area contributed by atoms with Crippen LogP contribution in [-0.4, -0.2) is 29.0 Å². The molecule has 28 heavy (non-hydrogen) atoms. The number of aromatic nitrogens is 2. The van der Waals surface area contributed by atoms with Crippen LogP contribution in [0.1, 0.15) is 18.7 Å². The first kappa shape index (κ1) is 21.4. The number of amides is 1. The third-order valence-corrected chi connectivity index (χ3v) is 4.00. The molecule has 8 heteroatoms. The third kappa shape index (κ3) is 5.80. The Morgan fingerprint density at radius 3 is 2.64 bits per heavy atom. The van der Waals surface area contributed by atoms with Gasteiger partial charge in [0, 0.05) is 25.1 Å². The van der Waals surface area contributed by atoms with Gasteiger partial charge in [0.1, 0.15) is 18.2 Å². The van der Waals surface area contributed by atoms with Gasteiger partial charge in [0.2, 0.25) is 5.91 Å². The number of halogens is 1. The molecule has 0 aliphatic carbocycles. The number of benzene rings is 2. The molecule has 148 valence electrons. The number of carbonyl (C=O) groups is 1. The van der Waals surface area contributed by atoms with Gasteiger partial charge >= 0.3 is 0 Å². The number of aromatic amines is 1. The van der Waals surface area contributed by atoms with E-state index in [1.54, 1.807) is 36.4 Å². The molecule has 7 nitrogen and oxygen atoms in total. The van der Waals surface area contributed by atoms with Gasteiger partial charge < -0.3 is 20.8 Å². The van der Waals surface area contributed by atoms with Gasteiger partial charge in [-0.15, -0.1) is 12.4 Å². The number of nitrogens with zero attached hydrogens (tertiary/aromatic N) is 1. The number of hydrogen-bond acceptors (Lipinski definition) is 5. The standard InChI is InChI=1S/C20H22N4O3.ClH/c21-12-13-27-15-10-8-14(9-11-15)22-19(25)7-3-6-18-23-17-5-2-1-4-16(17)20(26)24-18;/h1-2,4-5,8-11H,3,6-7,12-13,21H2,(H,22,25)(H,23,24,26);1H. The lowest BCUT2D eigenvalue weighted by molar-refractivity contribution is -0.116. The fourth-order valence-corrected chi connectivity index (χ4v) is 2.70. The maximum atomic E-state index is 12.1. The van der Waals surface area contributed by atoms with E-state index in [-0.39, 0.29) is 23.9 Å². The quantitative estimate of drug-likeness (QED) is 0.536. The van der Waals surface area contributed by atoms with Gasteiger partial charge in [-0.2, -0.15) is 0 Å². The molecule has 0 fully saturated rings. The van der Waals surface area contributed by atoms with Crippen molar-refractivity contribution in [2.24, 2.45) is 5.73 Å². The number of rotatable bonds is 8. The molecule has 0 saturated heterocycles. The van der Waals surface area contributed by atoms with Crippen molar-refractivity contribution in [3.8, 4) is 5.75 Å². The number of anilines is 1. The molecular weight excluding hydrogens is 380 g/mol. The number of ether oxygens (including phenoxy) is 1. The Kier molecular flexibility index (Phi) is 7.98. The molecule has 2 aromatic carbocycles. The van der Waals surface area contributed by atoms with Gasteiger partial charge in [-0.25, -0.2) is 4.98 Å². The van der Waals surface area contributed by atoms with E-state index in [1.807, 2.05) is 12.1 Å². The highest BCUT2D eigenvalue weighted by molar-refractivity contribution is 5.90. The minimum absolute atomic E-state index is 0. The van der Waals surface area contributed by atoms with E-state index in [0.717, 1.165) is 0 Å². The Bertz CT molecular complexity index is 973. The molecule has 1 amide bonds. The van der Waals surface area contributed by atoms with E-state index in [2.05, 4.69) is 15.3 Å². The predicted octanol–water partition coefficient (Wildman–Crippen LogP) is 2.64. The van der Waals surface area contributed by atoms with E-state index < -0.39 is 0 Å². The molecule has 0 spiro atoms. The minimum Gasteiger partial charge on any atom is -0.492 e. The number of aryl methyl sites for hydroxylation is 1. The summed E-state index contributed by atoms with van der Waals surface area (Å²) >= 11 is 0. The Morgan fingerprint density at radius 1 is 1.14 bits per heavy atom. The first-order chi connectivity index (χ1) is 13.2. The molecule has 4 N–H and O–H groups in total. The summed E-state index contributed by atoms with van der Waals surface area (Å²) < 4.78 is 5.40. The van der Waals surface area contributed by atoms with Crippen molar-refractivity contribution < 1.29 is 9.53 Å². The Labute approximate surface area is 168 Å². The molecule has 1 aromatic heterocycles. The average Bonchev–Trinajstić information content (AvgIpc) is 2.67. The van der Waals surface area contributed by atoms with E-state index >= 15 is 0 Å². The summed E-state index contributed by atoms with van der Waals surface area (Å²) in [5.74, 6) is 1.21. The SMILES string of the molecule is Cl.NCCOc1ccc(NC(=O)CCCc2nc3ccccc3c(=O)[nH]2)cc1. The van der Waals surface area contributed by atoms with Crippen LogP contribution in [0.4, 0.5) is 5.69 Å². The normalized spacial score (nSPS) is 10.3. The number of nitrogens with one attached hydrogen (secondary N) is 2. The Hall–Kier alpha value is -2.90. The van der Waals surface area contributed by atoms with Gasteiger partial charge in [0.25, 0.3) is 5.56 Å². The van der Waals surface area contributed by atoms with Crippen molar-refractivity contribution in [1.82, 2.24) is 9.97 Å². The van der Waals surface area contributed by atoms with Crippen LogP contribution in [0.2, 0.25) is 0 Å².